The summed E-state index contributed by atoms with van der Waals surface area (Å²) in [5, 5.41) is 12.1. The van der Waals surface area contributed by atoms with Crippen molar-refractivity contribution in [2.75, 3.05) is 31.6 Å². The van der Waals surface area contributed by atoms with E-state index < -0.39 is 11.4 Å². The molecule has 1 saturated carbocycles. The molecule has 36 heavy (non-hydrogen) atoms. The number of hydrogen-bond donors (Lipinski definition) is 1. The van der Waals surface area contributed by atoms with Crippen LogP contribution < -0.4 is 10.1 Å². The van der Waals surface area contributed by atoms with Gasteiger partial charge in [0.1, 0.15) is 29.7 Å². The Labute approximate surface area is 209 Å². The Hall–Kier alpha value is -3.45. The van der Waals surface area contributed by atoms with E-state index in [-0.39, 0.29) is 41.2 Å². The van der Waals surface area contributed by atoms with E-state index in [0.29, 0.717) is 38.0 Å². The van der Waals surface area contributed by atoms with Gasteiger partial charge < -0.3 is 24.4 Å². The highest BCUT2D eigenvalue weighted by molar-refractivity contribution is 5.68. The van der Waals surface area contributed by atoms with Gasteiger partial charge in [0, 0.05) is 24.9 Å². The van der Waals surface area contributed by atoms with Gasteiger partial charge >= 0.3 is 6.09 Å². The summed E-state index contributed by atoms with van der Waals surface area (Å²) in [6.45, 7) is 7.47. The standard InChI is InChI=1S/C26H30FN5O4/c1-26(2,3)36-25(33)32-10-17-12-34-13-18(11-32)22(17)35-24-21(16-5-6-16)23(29-14-30-24)31-20-7-4-15(9-28)8-19(20)27/h4,7-8,14,16-18,22H,5-6,10-13H2,1-3H3,(H,29,30,31). The van der Waals surface area contributed by atoms with Crippen molar-refractivity contribution in [3.8, 4) is 11.9 Å². The second-order valence-electron chi connectivity index (χ2n) is 10.7. The van der Waals surface area contributed by atoms with Crippen molar-refractivity contribution < 1.29 is 23.4 Å². The predicted molar refractivity (Wildman–Crippen MR) is 128 cm³/mol. The van der Waals surface area contributed by atoms with Crippen LogP contribution in [0.2, 0.25) is 0 Å². The third-order valence-corrected chi connectivity index (χ3v) is 6.59. The van der Waals surface area contributed by atoms with Gasteiger partial charge in [-0.25, -0.2) is 19.2 Å². The second-order valence-corrected chi connectivity index (χ2v) is 10.7. The molecular weight excluding hydrogens is 465 g/mol. The van der Waals surface area contributed by atoms with Gasteiger partial charge in [0.2, 0.25) is 5.88 Å². The molecule has 3 heterocycles. The monoisotopic (exact) mass is 495 g/mol. The number of anilines is 2. The van der Waals surface area contributed by atoms with E-state index in [1.54, 1.807) is 11.0 Å². The van der Waals surface area contributed by atoms with Crippen molar-refractivity contribution in [3.05, 3.63) is 41.5 Å². The maximum atomic E-state index is 14.6. The molecule has 1 aliphatic carbocycles. The third kappa shape index (κ3) is 5.21. The van der Waals surface area contributed by atoms with Gasteiger partial charge in [-0.1, -0.05) is 0 Å². The Balaban J connectivity index is 1.37. The first kappa shape index (κ1) is 24.3. The van der Waals surface area contributed by atoms with Gasteiger partial charge in [-0.2, -0.15) is 5.26 Å². The van der Waals surface area contributed by atoms with E-state index in [1.165, 1.54) is 18.5 Å². The van der Waals surface area contributed by atoms with Crippen LogP contribution in [0.4, 0.5) is 20.7 Å². The first-order valence-corrected chi connectivity index (χ1v) is 12.3. The third-order valence-electron chi connectivity index (χ3n) is 6.59. The minimum atomic E-state index is -0.562. The average molecular weight is 496 g/mol. The molecule has 2 atom stereocenters. The van der Waals surface area contributed by atoms with Crippen molar-refractivity contribution in [2.45, 2.75) is 51.2 Å². The highest BCUT2D eigenvalue weighted by Gasteiger charge is 2.45. The number of nitrogens with one attached hydrogen (secondary N) is 1. The quantitative estimate of drug-likeness (QED) is 0.651. The number of aromatic nitrogens is 2. The summed E-state index contributed by atoms with van der Waals surface area (Å²) in [7, 11) is 0. The van der Waals surface area contributed by atoms with Gasteiger partial charge in [0.25, 0.3) is 0 Å². The second kappa shape index (κ2) is 9.54. The largest absolute Gasteiger partial charge is 0.473 e. The number of rotatable bonds is 5. The number of carbonyl (C=O) groups excluding carboxylic acids is 1. The van der Waals surface area contributed by atoms with Crippen LogP contribution in [0.25, 0.3) is 0 Å². The van der Waals surface area contributed by atoms with E-state index in [0.717, 1.165) is 18.4 Å². The molecule has 3 fully saturated rings. The molecule has 5 rings (SSSR count). The minimum Gasteiger partial charge on any atom is -0.473 e. The zero-order chi connectivity index (χ0) is 25.4. The van der Waals surface area contributed by atoms with Crippen molar-refractivity contribution in [2.24, 2.45) is 11.8 Å². The zero-order valence-electron chi connectivity index (χ0n) is 20.7. The Morgan fingerprint density at radius 3 is 2.56 bits per heavy atom. The molecule has 190 valence electrons. The smallest absolute Gasteiger partial charge is 0.410 e. The number of carbonyl (C=O) groups is 1. The van der Waals surface area contributed by atoms with Crippen molar-refractivity contribution in [1.82, 2.24) is 14.9 Å². The van der Waals surface area contributed by atoms with Gasteiger partial charge in [0.05, 0.1) is 36.1 Å². The number of amides is 1. The topological polar surface area (TPSA) is 110 Å². The van der Waals surface area contributed by atoms with E-state index >= 15 is 0 Å². The summed E-state index contributed by atoms with van der Waals surface area (Å²) in [5.74, 6) is 0.621. The summed E-state index contributed by atoms with van der Waals surface area (Å²) in [6, 6.07) is 6.21. The summed E-state index contributed by atoms with van der Waals surface area (Å²) in [4.78, 5) is 23.3. The Morgan fingerprint density at radius 1 is 1.22 bits per heavy atom. The van der Waals surface area contributed by atoms with E-state index in [4.69, 9.17) is 19.5 Å². The number of hydrogen-bond acceptors (Lipinski definition) is 8. The molecule has 10 heteroatoms. The van der Waals surface area contributed by atoms with Gasteiger partial charge in [-0.05, 0) is 57.7 Å². The van der Waals surface area contributed by atoms with E-state index in [1.807, 2.05) is 26.8 Å². The molecule has 1 N–H and O–H groups in total. The van der Waals surface area contributed by atoms with E-state index in [9.17, 15) is 9.18 Å². The molecule has 9 nitrogen and oxygen atoms in total. The van der Waals surface area contributed by atoms with Crippen LogP contribution >= 0.6 is 0 Å². The molecule has 3 aliphatic rings. The molecule has 2 aliphatic heterocycles. The maximum Gasteiger partial charge on any atom is 0.410 e. The normalized spacial score (nSPS) is 23.5. The van der Waals surface area contributed by atoms with Crippen molar-refractivity contribution in [1.29, 1.82) is 5.26 Å². The van der Waals surface area contributed by atoms with Gasteiger partial charge in [0.15, 0.2) is 0 Å². The van der Waals surface area contributed by atoms with Crippen LogP contribution in [0.15, 0.2) is 24.5 Å². The zero-order valence-corrected chi connectivity index (χ0v) is 20.7. The summed E-state index contributed by atoms with van der Waals surface area (Å²) < 4.78 is 32.5. The molecule has 1 aromatic carbocycles. The molecule has 1 amide bonds. The lowest BCUT2D eigenvalue weighted by Gasteiger charge is -2.46. The van der Waals surface area contributed by atoms with Crippen molar-refractivity contribution >= 4 is 17.6 Å². The lowest BCUT2D eigenvalue weighted by molar-refractivity contribution is -0.113. The fourth-order valence-electron chi connectivity index (χ4n) is 4.82. The van der Waals surface area contributed by atoms with Gasteiger partial charge in [-0.3, -0.25) is 0 Å². The predicted octanol–water partition coefficient (Wildman–Crippen LogP) is 4.37. The molecule has 2 unspecified atom stereocenters. The minimum absolute atomic E-state index is 0.0283. The van der Waals surface area contributed by atoms with Crippen LogP contribution in [0.1, 0.15) is 50.7 Å². The lowest BCUT2D eigenvalue weighted by Crippen LogP contribution is -2.59. The number of ether oxygens (including phenoxy) is 3. The summed E-state index contributed by atoms with van der Waals surface area (Å²) >= 11 is 0. The van der Waals surface area contributed by atoms with Gasteiger partial charge in [-0.15, -0.1) is 0 Å². The highest BCUT2D eigenvalue weighted by atomic mass is 19.1. The number of likely N-dealkylation sites (tertiary alicyclic amines) is 1. The number of nitrogens with zero attached hydrogens (tertiary/aromatic N) is 4. The van der Waals surface area contributed by atoms with Crippen LogP contribution in [-0.4, -0.2) is 59.0 Å². The van der Waals surface area contributed by atoms with Crippen LogP contribution in [0.5, 0.6) is 5.88 Å². The summed E-state index contributed by atoms with van der Waals surface area (Å²) in [6.07, 6.45) is 2.86. The Kier molecular flexibility index (Phi) is 6.43. The first-order chi connectivity index (χ1) is 17.2. The lowest BCUT2D eigenvalue weighted by atomic mass is 9.84. The summed E-state index contributed by atoms with van der Waals surface area (Å²) in [5.41, 5.74) is 0.749. The molecule has 1 aromatic heterocycles. The number of fused-ring (bicyclic) bond motifs is 2. The maximum absolute atomic E-state index is 14.6. The molecule has 2 aromatic rings. The van der Waals surface area contributed by atoms with Crippen LogP contribution in [0, 0.1) is 29.0 Å². The number of halogens is 1. The number of piperidine rings is 1. The van der Waals surface area contributed by atoms with Crippen LogP contribution in [0.3, 0.4) is 0 Å². The molecule has 0 spiro atoms. The first-order valence-electron chi connectivity index (χ1n) is 12.3. The molecule has 2 bridgehead atoms. The van der Waals surface area contributed by atoms with Crippen molar-refractivity contribution in [3.63, 3.8) is 0 Å². The SMILES string of the molecule is CC(C)(C)OC(=O)N1CC2COCC(C1)C2Oc1ncnc(Nc2ccc(C#N)cc2F)c1C1CC1. The van der Waals surface area contributed by atoms with Crippen LogP contribution in [-0.2, 0) is 9.47 Å². The fourth-order valence-corrected chi connectivity index (χ4v) is 4.82. The molecular formula is C26H30FN5O4. The number of nitriles is 1. The molecule has 2 saturated heterocycles. The average Bonchev–Trinajstić information content (AvgIpc) is 3.64. The highest BCUT2D eigenvalue weighted by Crippen LogP contribution is 2.48. The fraction of sp³-hybridized carbons (Fsp3) is 0.538. The molecule has 0 radical (unpaired) electrons. The van der Waals surface area contributed by atoms with E-state index in [2.05, 4.69) is 15.3 Å². The Morgan fingerprint density at radius 2 is 1.94 bits per heavy atom. The Bertz CT molecular complexity index is 1180. The number of benzene rings is 1.